The summed E-state index contributed by atoms with van der Waals surface area (Å²) >= 11 is 1.69. The van der Waals surface area contributed by atoms with Crippen molar-refractivity contribution in [3.05, 3.63) is 64.1 Å². The van der Waals surface area contributed by atoms with Gasteiger partial charge in [-0.15, -0.1) is 11.8 Å². The lowest BCUT2D eigenvalue weighted by atomic mass is 9.85. The van der Waals surface area contributed by atoms with Gasteiger partial charge in [0.05, 0.1) is 48.3 Å². The summed E-state index contributed by atoms with van der Waals surface area (Å²) in [6.07, 6.45) is 14.3. The molecular weight excluding hydrogens is 639 g/mol. The van der Waals surface area contributed by atoms with Crippen molar-refractivity contribution in [2.45, 2.75) is 75.6 Å². The summed E-state index contributed by atoms with van der Waals surface area (Å²) in [6, 6.07) is 4.26. The van der Waals surface area contributed by atoms with E-state index in [0.717, 1.165) is 77.0 Å². The highest BCUT2D eigenvalue weighted by molar-refractivity contribution is 8.04. The molecule has 0 aromatic carbocycles. The van der Waals surface area contributed by atoms with Crippen LogP contribution >= 0.6 is 11.8 Å². The lowest BCUT2D eigenvalue weighted by Crippen LogP contribution is -2.56. The van der Waals surface area contributed by atoms with Gasteiger partial charge < -0.3 is 24.8 Å². The molecule has 260 valence electrons. The number of ether oxygens (including phenoxy) is 1. The molecule has 2 fully saturated rings. The molecule has 0 saturated carbocycles. The summed E-state index contributed by atoms with van der Waals surface area (Å²) in [7, 11) is 1.78. The van der Waals surface area contributed by atoms with Crippen molar-refractivity contribution >= 4 is 47.1 Å². The molecule has 7 rings (SSSR count). The molecule has 0 bridgehead atoms. The highest BCUT2D eigenvalue weighted by Gasteiger charge is 2.36. The van der Waals surface area contributed by atoms with Gasteiger partial charge in [0.15, 0.2) is 6.29 Å². The van der Waals surface area contributed by atoms with Crippen LogP contribution in [0.25, 0.3) is 0 Å². The smallest absolute Gasteiger partial charge is 0.270 e. The number of carbonyl (C=O) groups excluding carboxylic acids is 3. The van der Waals surface area contributed by atoms with Crippen molar-refractivity contribution in [2.75, 3.05) is 68.1 Å². The Bertz CT molecular complexity index is 1630. The number of nitrogens with zero attached hydrogens (tertiary/aromatic N) is 6. The number of nitrogens with one attached hydrogen (secondary N) is 1. The molecule has 2 aromatic rings. The maximum absolute atomic E-state index is 13.9. The van der Waals surface area contributed by atoms with E-state index in [-0.39, 0.29) is 29.0 Å². The van der Waals surface area contributed by atoms with Crippen molar-refractivity contribution in [1.82, 2.24) is 19.8 Å². The summed E-state index contributed by atoms with van der Waals surface area (Å²) in [4.78, 5) is 59.2. The number of hydrogen-bond donors (Lipinski definition) is 1. The third-order valence-corrected chi connectivity index (χ3v) is 12.3. The fourth-order valence-electron chi connectivity index (χ4n) is 7.73. The fraction of sp³-hybridized carbons (Fsp3) is 0.541. The third-order valence-electron chi connectivity index (χ3n) is 10.9. The van der Waals surface area contributed by atoms with E-state index in [9.17, 15) is 14.4 Å². The van der Waals surface area contributed by atoms with Crippen LogP contribution in [0.1, 0.15) is 74.2 Å². The van der Waals surface area contributed by atoms with Crippen LogP contribution < -0.4 is 15.1 Å². The quantitative estimate of drug-likeness (QED) is 0.407. The Balaban J connectivity index is 1.11. The lowest BCUT2D eigenvalue weighted by molar-refractivity contribution is -0.128. The van der Waals surface area contributed by atoms with Gasteiger partial charge in [0, 0.05) is 63.5 Å². The van der Waals surface area contributed by atoms with Crippen LogP contribution in [0.4, 0.5) is 17.2 Å². The van der Waals surface area contributed by atoms with Gasteiger partial charge in [-0.05, 0) is 81.0 Å². The van der Waals surface area contributed by atoms with E-state index >= 15 is 0 Å². The van der Waals surface area contributed by atoms with Crippen LogP contribution in [0, 0.1) is 0 Å². The average molecular weight is 686 g/mol. The monoisotopic (exact) mass is 685 g/mol. The minimum absolute atomic E-state index is 0.00220. The topological polar surface area (TPSA) is 111 Å². The Labute approximate surface area is 293 Å². The maximum atomic E-state index is 13.9. The largest absolute Gasteiger partial charge is 0.378 e. The Morgan fingerprint density at radius 3 is 2.45 bits per heavy atom. The molecule has 6 heterocycles. The molecule has 3 atom stereocenters. The van der Waals surface area contributed by atoms with Crippen LogP contribution in [0.3, 0.4) is 0 Å². The molecule has 4 aliphatic heterocycles. The molecule has 12 heteroatoms. The number of likely N-dealkylation sites (N-methyl/N-ethyl adjacent to an activating group) is 1. The Morgan fingerprint density at radius 2 is 1.73 bits per heavy atom. The molecule has 0 radical (unpaired) electrons. The Kier molecular flexibility index (Phi) is 10.1. The van der Waals surface area contributed by atoms with Gasteiger partial charge in [-0.3, -0.25) is 24.3 Å². The first kappa shape index (κ1) is 33.7. The van der Waals surface area contributed by atoms with Crippen LogP contribution in [0.2, 0.25) is 0 Å². The number of hydrogen-bond acceptors (Lipinski definition) is 10. The van der Waals surface area contributed by atoms with E-state index in [2.05, 4.69) is 25.1 Å². The molecule has 1 aliphatic carbocycles. The first-order chi connectivity index (χ1) is 23.8. The molecule has 3 unspecified atom stereocenters. The zero-order valence-electron chi connectivity index (χ0n) is 28.8. The predicted molar refractivity (Wildman–Crippen MR) is 193 cm³/mol. The molecule has 0 spiro atoms. The lowest BCUT2D eigenvalue weighted by Gasteiger charge is -2.43. The number of rotatable bonds is 7. The van der Waals surface area contributed by atoms with E-state index in [1.165, 1.54) is 23.3 Å². The SMILES string of the molecule is CC1SC2=C(CCCC2)CCCN(c2cncc(C3C=C(Nc4ccc(N5CCN(C6COC6)CC5)cn4)C(=O)N(C)C3C)c2C=O)C1=O. The summed E-state index contributed by atoms with van der Waals surface area (Å²) in [5, 5.41) is 3.00. The second-order valence-corrected chi connectivity index (χ2v) is 15.3. The Morgan fingerprint density at radius 1 is 0.959 bits per heavy atom. The second-order valence-electron chi connectivity index (χ2n) is 13.9. The minimum atomic E-state index is -0.331. The summed E-state index contributed by atoms with van der Waals surface area (Å²) in [5.74, 6) is 0.0865. The number of amides is 2. The van der Waals surface area contributed by atoms with E-state index in [1.54, 1.807) is 41.0 Å². The zero-order chi connectivity index (χ0) is 34.1. The van der Waals surface area contributed by atoms with Gasteiger partial charge in [-0.25, -0.2) is 4.98 Å². The van der Waals surface area contributed by atoms with Crippen molar-refractivity contribution in [1.29, 1.82) is 0 Å². The van der Waals surface area contributed by atoms with Crippen LogP contribution in [-0.4, -0.2) is 108 Å². The summed E-state index contributed by atoms with van der Waals surface area (Å²) < 4.78 is 5.36. The normalized spacial score (nSPS) is 26.0. The predicted octanol–water partition coefficient (Wildman–Crippen LogP) is 4.83. The number of aromatic nitrogens is 2. The first-order valence-corrected chi connectivity index (χ1v) is 18.6. The Hall–Kier alpha value is -3.74. The highest BCUT2D eigenvalue weighted by Crippen LogP contribution is 2.40. The second kappa shape index (κ2) is 14.6. The molecular formula is C37H47N7O4S. The molecule has 2 saturated heterocycles. The standard InChI is InChI=1S/C37H47N7O4S/c1-24-29(30-19-38-20-33(31(30)21-45)44-12-6-8-26-7-4-5-9-34(26)49-25(2)36(44)46)17-32(37(47)41(24)3)40-35-11-10-27(18-39-35)42-13-15-43(16-14-42)28-22-48-23-28/h10-11,17-21,24-25,28-29H,4-9,12-16,22-23H2,1-3H3,(H,39,40). The molecule has 11 nitrogen and oxygen atoms in total. The number of carbonyl (C=O) groups is 3. The van der Waals surface area contributed by atoms with Gasteiger partial charge in [0.1, 0.15) is 11.5 Å². The van der Waals surface area contributed by atoms with Gasteiger partial charge >= 0.3 is 0 Å². The molecule has 2 amide bonds. The van der Waals surface area contributed by atoms with Gasteiger partial charge in [-0.2, -0.15) is 0 Å². The van der Waals surface area contributed by atoms with E-state index in [1.807, 2.05) is 38.3 Å². The minimum Gasteiger partial charge on any atom is -0.378 e. The van der Waals surface area contributed by atoms with Gasteiger partial charge in [0.2, 0.25) is 5.91 Å². The fourth-order valence-corrected chi connectivity index (χ4v) is 9.02. The summed E-state index contributed by atoms with van der Waals surface area (Å²) in [6.45, 7) is 10.0. The van der Waals surface area contributed by atoms with Crippen molar-refractivity contribution in [2.24, 2.45) is 0 Å². The number of thioether (sulfide) groups is 1. The van der Waals surface area contributed by atoms with E-state index in [0.29, 0.717) is 40.9 Å². The average Bonchev–Trinajstić information content (AvgIpc) is 3.16. The first-order valence-electron chi connectivity index (χ1n) is 17.7. The van der Waals surface area contributed by atoms with Gasteiger partial charge in [0.25, 0.3) is 5.91 Å². The van der Waals surface area contributed by atoms with Crippen LogP contribution in [0.5, 0.6) is 0 Å². The number of aldehydes is 1. The van der Waals surface area contributed by atoms with E-state index in [4.69, 9.17) is 4.74 Å². The van der Waals surface area contributed by atoms with Crippen molar-refractivity contribution in [3.63, 3.8) is 0 Å². The molecule has 49 heavy (non-hydrogen) atoms. The molecule has 2 aromatic heterocycles. The number of anilines is 3. The van der Waals surface area contributed by atoms with E-state index < -0.39 is 0 Å². The van der Waals surface area contributed by atoms with Crippen molar-refractivity contribution in [3.8, 4) is 0 Å². The summed E-state index contributed by atoms with van der Waals surface area (Å²) in [5.41, 5.74) is 4.62. The van der Waals surface area contributed by atoms with Gasteiger partial charge in [-0.1, -0.05) is 5.57 Å². The molecule has 1 N–H and O–H groups in total. The zero-order valence-corrected chi connectivity index (χ0v) is 29.6. The third kappa shape index (κ3) is 6.87. The van der Waals surface area contributed by atoms with Crippen molar-refractivity contribution < 1.29 is 19.1 Å². The molecule has 5 aliphatic rings. The van der Waals surface area contributed by atoms with Crippen LogP contribution in [-0.2, 0) is 14.3 Å². The number of pyridine rings is 2. The highest BCUT2D eigenvalue weighted by atomic mass is 32.2. The number of piperazine rings is 1. The maximum Gasteiger partial charge on any atom is 0.270 e. The number of allylic oxidation sites excluding steroid dienone is 2. The van der Waals surface area contributed by atoms with Crippen LogP contribution in [0.15, 0.2) is 53.0 Å².